The summed E-state index contributed by atoms with van der Waals surface area (Å²) in [7, 11) is 0. The van der Waals surface area contributed by atoms with Crippen molar-refractivity contribution in [3.05, 3.63) is 59.7 Å². The third-order valence-electron chi connectivity index (χ3n) is 4.88. The lowest BCUT2D eigenvalue weighted by Crippen LogP contribution is -2.31. The Morgan fingerprint density at radius 1 is 1.00 bits per heavy atom. The number of imidazole rings is 1. The van der Waals surface area contributed by atoms with Crippen LogP contribution in [0.5, 0.6) is 5.75 Å². The fraction of sp³-hybridized carbons (Fsp3) is 0.409. The number of hydrogen-bond acceptors (Lipinski definition) is 3. The van der Waals surface area contributed by atoms with Gasteiger partial charge < -0.3 is 19.0 Å². The van der Waals surface area contributed by atoms with Crippen LogP contribution in [0, 0.1) is 12.3 Å². The van der Waals surface area contributed by atoms with Crippen molar-refractivity contribution >= 4 is 11.0 Å². The molecule has 1 heterocycles. The summed E-state index contributed by atoms with van der Waals surface area (Å²) >= 11 is 0. The summed E-state index contributed by atoms with van der Waals surface area (Å²) in [6, 6.07) is 15.8. The first kappa shape index (κ1) is 19.2. The molecule has 144 valence electrons. The van der Waals surface area contributed by atoms with Crippen molar-refractivity contribution in [1.29, 1.82) is 5.41 Å². The van der Waals surface area contributed by atoms with Gasteiger partial charge in [0.05, 0.1) is 17.6 Å². The Hall–Kier alpha value is -2.53. The first-order valence-corrected chi connectivity index (χ1v) is 9.71. The van der Waals surface area contributed by atoms with Gasteiger partial charge >= 0.3 is 0 Å². The number of fused-ring (bicyclic) bond motifs is 1. The molecule has 0 spiro atoms. The van der Waals surface area contributed by atoms with E-state index in [0.717, 1.165) is 48.2 Å². The van der Waals surface area contributed by atoms with Gasteiger partial charge in [0.15, 0.2) is 0 Å². The molecule has 0 saturated heterocycles. The average Bonchev–Trinajstić information content (AvgIpc) is 2.93. The minimum atomic E-state index is -0.686. The monoisotopic (exact) mass is 367 g/mol. The number of rotatable bonds is 9. The largest absolute Gasteiger partial charge is 0.491 e. The predicted octanol–water partition coefficient (Wildman–Crippen LogP) is 3.86. The summed E-state index contributed by atoms with van der Waals surface area (Å²) in [5, 5.41) is 19.1. The van der Waals surface area contributed by atoms with Crippen molar-refractivity contribution in [2.24, 2.45) is 0 Å². The molecule has 0 radical (unpaired) electrons. The molecule has 0 unspecified atom stereocenters. The van der Waals surface area contributed by atoms with Crippen LogP contribution in [0.15, 0.2) is 48.5 Å². The summed E-state index contributed by atoms with van der Waals surface area (Å²) in [4.78, 5) is 0. The molecule has 3 aromatic rings. The minimum Gasteiger partial charge on any atom is -0.491 e. The third kappa shape index (κ3) is 4.42. The number of nitrogens with zero attached hydrogens (tertiary/aromatic N) is 2. The van der Waals surface area contributed by atoms with Crippen LogP contribution < -0.4 is 10.4 Å². The van der Waals surface area contributed by atoms with E-state index in [0.29, 0.717) is 12.2 Å². The number of aryl methyl sites for hydroxylation is 2. The van der Waals surface area contributed by atoms with Crippen LogP contribution in [0.3, 0.4) is 0 Å². The van der Waals surface area contributed by atoms with Crippen LogP contribution in [-0.2, 0) is 13.1 Å². The molecule has 0 aliphatic carbocycles. The lowest BCUT2D eigenvalue weighted by Gasteiger charge is -2.15. The lowest BCUT2D eigenvalue weighted by molar-refractivity contribution is 0.0917. The second-order valence-electron chi connectivity index (χ2n) is 7.01. The molecule has 1 atom stereocenters. The average molecular weight is 367 g/mol. The van der Waals surface area contributed by atoms with Crippen molar-refractivity contribution in [2.45, 2.75) is 52.3 Å². The molecule has 0 bridgehead atoms. The topological polar surface area (TPSA) is 63.2 Å². The maximum Gasteiger partial charge on any atom is 0.203 e. The molecular weight excluding hydrogens is 338 g/mol. The Kier molecular flexibility index (Phi) is 6.35. The number of hydrogen-bond donors (Lipinski definition) is 2. The molecule has 0 aliphatic heterocycles. The number of unbranched alkanes of at least 4 members (excludes halogenated alkanes) is 2. The molecular formula is C22H29N3O2. The maximum atomic E-state index is 10.5. The van der Waals surface area contributed by atoms with Crippen molar-refractivity contribution in [1.82, 2.24) is 9.13 Å². The number of benzene rings is 2. The first-order valence-electron chi connectivity index (χ1n) is 9.71. The van der Waals surface area contributed by atoms with E-state index >= 15 is 0 Å². The van der Waals surface area contributed by atoms with Gasteiger partial charge in [-0.25, -0.2) is 0 Å². The van der Waals surface area contributed by atoms with Gasteiger partial charge in [-0.1, -0.05) is 50.1 Å². The summed E-state index contributed by atoms with van der Waals surface area (Å²) < 4.78 is 9.70. The van der Waals surface area contributed by atoms with E-state index in [1.165, 1.54) is 0 Å². The fourth-order valence-electron chi connectivity index (χ4n) is 3.39. The second kappa shape index (κ2) is 8.91. The van der Waals surface area contributed by atoms with Gasteiger partial charge in [0.2, 0.25) is 5.62 Å². The van der Waals surface area contributed by atoms with Crippen LogP contribution in [0.2, 0.25) is 0 Å². The van der Waals surface area contributed by atoms with E-state index in [9.17, 15) is 5.11 Å². The normalized spacial score (nSPS) is 12.4. The van der Waals surface area contributed by atoms with Crippen molar-refractivity contribution in [3.8, 4) is 5.75 Å². The van der Waals surface area contributed by atoms with Crippen molar-refractivity contribution < 1.29 is 9.84 Å². The molecule has 0 amide bonds. The minimum absolute atomic E-state index is 0.201. The van der Waals surface area contributed by atoms with E-state index < -0.39 is 6.10 Å². The molecule has 0 saturated carbocycles. The number of aliphatic hydroxyl groups excluding tert-OH is 1. The van der Waals surface area contributed by atoms with Crippen molar-refractivity contribution in [2.75, 3.05) is 6.61 Å². The fourth-order valence-corrected chi connectivity index (χ4v) is 3.39. The first-order chi connectivity index (χ1) is 13.1. The number of ether oxygens (including phenoxy) is 1. The van der Waals surface area contributed by atoms with Crippen LogP contribution in [0.25, 0.3) is 11.0 Å². The quantitative estimate of drug-likeness (QED) is 0.564. The summed E-state index contributed by atoms with van der Waals surface area (Å²) in [6.07, 6.45) is 2.67. The zero-order chi connectivity index (χ0) is 19.2. The van der Waals surface area contributed by atoms with Gasteiger partial charge in [-0.05, 0) is 37.1 Å². The van der Waals surface area contributed by atoms with Crippen LogP contribution in [0.4, 0.5) is 0 Å². The van der Waals surface area contributed by atoms with Crippen LogP contribution >= 0.6 is 0 Å². The smallest absolute Gasteiger partial charge is 0.203 e. The Labute approximate surface area is 160 Å². The molecule has 0 aliphatic rings. The molecule has 5 heteroatoms. The SMILES string of the molecule is CCCCCn1c(=N)n(C[C@H](O)COc2ccccc2C)c2ccccc21. The Morgan fingerprint density at radius 2 is 1.67 bits per heavy atom. The van der Waals surface area contributed by atoms with Crippen LogP contribution in [0.1, 0.15) is 31.7 Å². The van der Waals surface area contributed by atoms with E-state index in [4.69, 9.17) is 10.1 Å². The Balaban J connectivity index is 1.76. The summed E-state index contributed by atoms with van der Waals surface area (Å²) in [5.74, 6) is 0.787. The van der Waals surface area contributed by atoms with Gasteiger partial charge in [-0.3, -0.25) is 5.41 Å². The highest BCUT2D eigenvalue weighted by Gasteiger charge is 2.14. The number of aliphatic hydroxyl groups is 1. The predicted molar refractivity (Wildman–Crippen MR) is 108 cm³/mol. The number of aromatic nitrogens is 2. The molecule has 2 aromatic carbocycles. The highest BCUT2D eigenvalue weighted by atomic mass is 16.5. The van der Waals surface area contributed by atoms with E-state index in [-0.39, 0.29) is 6.61 Å². The zero-order valence-electron chi connectivity index (χ0n) is 16.2. The maximum absolute atomic E-state index is 10.5. The lowest BCUT2D eigenvalue weighted by atomic mass is 10.2. The van der Waals surface area contributed by atoms with Gasteiger partial charge in [0, 0.05) is 6.54 Å². The Morgan fingerprint density at radius 3 is 2.37 bits per heavy atom. The van der Waals surface area contributed by atoms with Gasteiger partial charge in [0.25, 0.3) is 0 Å². The van der Waals surface area contributed by atoms with Gasteiger partial charge in [-0.15, -0.1) is 0 Å². The molecule has 2 N–H and O–H groups in total. The summed E-state index contributed by atoms with van der Waals surface area (Å²) in [5.41, 5.74) is 3.51. The van der Waals surface area contributed by atoms with E-state index in [1.54, 1.807) is 0 Å². The third-order valence-corrected chi connectivity index (χ3v) is 4.88. The van der Waals surface area contributed by atoms with E-state index in [2.05, 4.69) is 6.92 Å². The number of para-hydroxylation sites is 3. The molecule has 5 nitrogen and oxygen atoms in total. The van der Waals surface area contributed by atoms with Gasteiger partial charge in [-0.2, -0.15) is 0 Å². The molecule has 27 heavy (non-hydrogen) atoms. The molecule has 1 aromatic heterocycles. The molecule has 0 fully saturated rings. The van der Waals surface area contributed by atoms with Gasteiger partial charge in [0.1, 0.15) is 18.5 Å². The molecule has 3 rings (SSSR count). The highest BCUT2D eigenvalue weighted by molar-refractivity contribution is 5.75. The Bertz CT molecular complexity index is 942. The van der Waals surface area contributed by atoms with Crippen LogP contribution in [-0.4, -0.2) is 27.0 Å². The standard InChI is InChI=1S/C22H29N3O2/c1-3-4-9-14-24-19-11-6-7-12-20(19)25(22(24)23)15-18(26)16-27-21-13-8-5-10-17(21)2/h5-8,10-13,18,23,26H,3-4,9,14-16H2,1-2H3/t18-/m0/s1. The van der Waals surface area contributed by atoms with Crippen molar-refractivity contribution in [3.63, 3.8) is 0 Å². The zero-order valence-corrected chi connectivity index (χ0v) is 16.2. The van der Waals surface area contributed by atoms with E-state index in [1.807, 2.05) is 64.6 Å². The highest BCUT2D eigenvalue weighted by Crippen LogP contribution is 2.17. The number of nitrogens with one attached hydrogen (secondary N) is 1. The summed E-state index contributed by atoms with van der Waals surface area (Å²) in [6.45, 7) is 5.54. The second-order valence-corrected chi connectivity index (χ2v) is 7.01.